The Kier molecular flexibility index (Phi) is 3.94. The Morgan fingerprint density at radius 2 is 1.83 bits per heavy atom. The molecule has 0 amide bonds. The highest BCUT2D eigenvalue weighted by atomic mass is 16.3. The van der Waals surface area contributed by atoms with Gasteiger partial charge in [-0.3, -0.25) is 0 Å². The number of quaternary nitrogens is 1. The van der Waals surface area contributed by atoms with E-state index in [1.54, 1.807) is 0 Å². The van der Waals surface area contributed by atoms with Gasteiger partial charge in [0.1, 0.15) is 12.1 Å². The van der Waals surface area contributed by atoms with E-state index in [0.717, 1.165) is 16.5 Å². The summed E-state index contributed by atoms with van der Waals surface area (Å²) >= 11 is 0. The molecule has 0 aromatic carbocycles. The third-order valence-corrected chi connectivity index (χ3v) is 2.11. The molecule has 0 bridgehead atoms. The summed E-state index contributed by atoms with van der Waals surface area (Å²) in [5.41, 5.74) is 1.13. The Hall–Kier alpha value is -0.340. The predicted octanol–water partition coefficient (Wildman–Crippen LogP) is 1.41. The van der Waals surface area contributed by atoms with Gasteiger partial charge in [-0.25, -0.2) is 0 Å². The first kappa shape index (κ1) is 11.7. The smallest absolute Gasteiger partial charge is 0.118 e. The minimum absolute atomic E-state index is 0.252. The van der Waals surface area contributed by atoms with Crippen molar-refractivity contribution in [3.63, 3.8) is 0 Å². The highest BCUT2D eigenvalue weighted by Crippen LogP contribution is 2.15. The lowest BCUT2D eigenvalue weighted by atomic mass is 10.0. The zero-order valence-corrected chi connectivity index (χ0v) is 8.96. The van der Waals surface area contributed by atoms with Crippen LogP contribution in [0.4, 0.5) is 0 Å². The fraction of sp³-hybridized carbons (Fsp3) is 0.800. The van der Waals surface area contributed by atoms with Crippen molar-refractivity contribution in [2.75, 3.05) is 21.1 Å². The van der Waals surface area contributed by atoms with Crippen LogP contribution in [-0.2, 0) is 0 Å². The Morgan fingerprint density at radius 1 is 1.42 bits per heavy atom. The van der Waals surface area contributed by atoms with Crippen LogP contribution in [0.15, 0.2) is 12.2 Å². The van der Waals surface area contributed by atoms with Gasteiger partial charge in [-0.1, -0.05) is 12.2 Å². The molecule has 2 unspecified atom stereocenters. The monoisotopic (exact) mass is 172 g/mol. The maximum Gasteiger partial charge on any atom is 0.118 e. The van der Waals surface area contributed by atoms with Crippen LogP contribution in [0.5, 0.6) is 0 Å². The van der Waals surface area contributed by atoms with Gasteiger partial charge in [-0.2, -0.15) is 0 Å². The molecule has 1 N–H and O–H groups in total. The standard InChI is InChI=1S/C10H22NO/c1-8(2)7-10(9(3)12)11(4,5)6/h9-10,12H,1,7H2,2-6H3/q+1. The summed E-state index contributed by atoms with van der Waals surface area (Å²) in [7, 11) is 6.29. The van der Waals surface area contributed by atoms with E-state index in [0.29, 0.717) is 0 Å². The number of nitrogens with zero attached hydrogens (tertiary/aromatic N) is 1. The van der Waals surface area contributed by atoms with Gasteiger partial charge < -0.3 is 9.59 Å². The van der Waals surface area contributed by atoms with Crippen molar-refractivity contribution in [1.82, 2.24) is 0 Å². The Balaban J connectivity index is 4.35. The van der Waals surface area contributed by atoms with Crippen molar-refractivity contribution < 1.29 is 9.59 Å². The number of likely N-dealkylation sites (N-methyl/N-ethyl adjacent to an activating group) is 1. The van der Waals surface area contributed by atoms with Gasteiger partial charge in [0.15, 0.2) is 0 Å². The zero-order chi connectivity index (χ0) is 9.94. The molecule has 2 nitrogen and oxygen atoms in total. The van der Waals surface area contributed by atoms with Crippen molar-refractivity contribution in [2.45, 2.75) is 32.4 Å². The van der Waals surface area contributed by atoms with Crippen molar-refractivity contribution in [3.8, 4) is 0 Å². The second kappa shape index (κ2) is 4.06. The van der Waals surface area contributed by atoms with E-state index in [1.807, 2.05) is 13.8 Å². The molecule has 72 valence electrons. The van der Waals surface area contributed by atoms with Gasteiger partial charge in [-0.05, 0) is 13.8 Å². The fourth-order valence-corrected chi connectivity index (χ4v) is 1.45. The van der Waals surface area contributed by atoms with Crippen molar-refractivity contribution in [2.24, 2.45) is 0 Å². The van der Waals surface area contributed by atoms with Crippen LogP contribution in [0.1, 0.15) is 20.3 Å². The molecule has 0 fully saturated rings. The van der Waals surface area contributed by atoms with Gasteiger partial charge in [0.2, 0.25) is 0 Å². The molecule has 0 radical (unpaired) electrons. The molecular formula is C10H22NO+. The number of aliphatic hydroxyl groups excluding tert-OH is 1. The summed E-state index contributed by atoms with van der Waals surface area (Å²) < 4.78 is 0.782. The van der Waals surface area contributed by atoms with Crippen molar-refractivity contribution >= 4 is 0 Å². The largest absolute Gasteiger partial charge is 0.387 e. The average molecular weight is 172 g/mol. The van der Waals surface area contributed by atoms with Gasteiger partial charge >= 0.3 is 0 Å². The zero-order valence-electron chi connectivity index (χ0n) is 8.96. The summed E-state index contributed by atoms with van der Waals surface area (Å²) in [6.45, 7) is 7.72. The summed E-state index contributed by atoms with van der Waals surface area (Å²) in [4.78, 5) is 0. The highest BCUT2D eigenvalue weighted by Gasteiger charge is 2.28. The van der Waals surface area contributed by atoms with E-state index in [-0.39, 0.29) is 12.1 Å². The molecule has 12 heavy (non-hydrogen) atoms. The number of rotatable bonds is 4. The molecular weight excluding hydrogens is 150 g/mol. The normalized spacial score (nSPS) is 17.2. The molecule has 0 spiro atoms. The third-order valence-electron chi connectivity index (χ3n) is 2.11. The van der Waals surface area contributed by atoms with E-state index < -0.39 is 0 Å². The van der Waals surface area contributed by atoms with Crippen LogP contribution in [0.25, 0.3) is 0 Å². The lowest BCUT2D eigenvalue weighted by molar-refractivity contribution is -0.899. The Labute approximate surface area is 76.1 Å². The molecule has 0 aliphatic carbocycles. The van der Waals surface area contributed by atoms with Crippen LogP contribution in [0.3, 0.4) is 0 Å². The van der Waals surface area contributed by atoms with Gasteiger partial charge in [0.25, 0.3) is 0 Å². The summed E-state index contributed by atoms with van der Waals surface area (Å²) in [6, 6.07) is 0.252. The van der Waals surface area contributed by atoms with Crippen molar-refractivity contribution in [3.05, 3.63) is 12.2 Å². The first-order valence-electron chi connectivity index (χ1n) is 4.38. The second-order valence-corrected chi connectivity index (χ2v) is 4.59. The molecule has 0 aliphatic rings. The Bertz CT molecular complexity index is 156. The maximum atomic E-state index is 9.54. The highest BCUT2D eigenvalue weighted by molar-refractivity contribution is 4.92. The van der Waals surface area contributed by atoms with Crippen LogP contribution in [0, 0.1) is 0 Å². The first-order chi connectivity index (χ1) is 5.25. The molecule has 0 saturated carbocycles. The van der Waals surface area contributed by atoms with Crippen LogP contribution in [-0.4, -0.2) is 42.9 Å². The molecule has 0 heterocycles. The topological polar surface area (TPSA) is 20.2 Å². The molecule has 0 saturated heterocycles. The lowest BCUT2D eigenvalue weighted by Crippen LogP contribution is -2.50. The molecule has 0 aromatic heterocycles. The second-order valence-electron chi connectivity index (χ2n) is 4.59. The summed E-state index contributed by atoms with van der Waals surface area (Å²) in [6.07, 6.45) is 0.614. The van der Waals surface area contributed by atoms with Gasteiger partial charge in [-0.15, -0.1) is 0 Å². The van der Waals surface area contributed by atoms with Crippen LogP contribution >= 0.6 is 0 Å². The molecule has 0 aliphatic heterocycles. The van der Waals surface area contributed by atoms with Gasteiger partial charge in [0, 0.05) is 6.42 Å². The molecule has 2 heteroatoms. The number of hydrogen-bond acceptors (Lipinski definition) is 1. The van der Waals surface area contributed by atoms with Crippen molar-refractivity contribution in [1.29, 1.82) is 0 Å². The van der Waals surface area contributed by atoms with E-state index in [2.05, 4.69) is 27.7 Å². The van der Waals surface area contributed by atoms with Crippen LogP contribution in [0.2, 0.25) is 0 Å². The Morgan fingerprint density at radius 3 is 1.92 bits per heavy atom. The minimum atomic E-state index is -0.276. The summed E-state index contributed by atoms with van der Waals surface area (Å²) in [5, 5.41) is 9.54. The molecule has 2 atom stereocenters. The predicted molar refractivity (Wildman–Crippen MR) is 52.9 cm³/mol. The fourth-order valence-electron chi connectivity index (χ4n) is 1.45. The first-order valence-corrected chi connectivity index (χ1v) is 4.38. The molecule has 0 aromatic rings. The third kappa shape index (κ3) is 3.88. The number of hydrogen-bond donors (Lipinski definition) is 1. The van der Waals surface area contributed by atoms with Gasteiger partial charge in [0.05, 0.1) is 21.1 Å². The van der Waals surface area contributed by atoms with E-state index in [4.69, 9.17) is 0 Å². The maximum absolute atomic E-state index is 9.54. The van der Waals surface area contributed by atoms with E-state index in [9.17, 15) is 5.11 Å². The molecule has 0 rings (SSSR count). The minimum Gasteiger partial charge on any atom is -0.387 e. The SMILES string of the molecule is C=C(C)CC(C(C)O)[N+](C)(C)C. The number of aliphatic hydroxyl groups is 1. The van der Waals surface area contributed by atoms with E-state index in [1.165, 1.54) is 0 Å². The average Bonchev–Trinajstić information content (AvgIpc) is 1.79. The lowest BCUT2D eigenvalue weighted by Gasteiger charge is -2.36. The van der Waals surface area contributed by atoms with E-state index >= 15 is 0 Å². The quantitative estimate of drug-likeness (QED) is 0.502. The van der Waals surface area contributed by atoms with Crippen LogP contribution < -0.4 is 0 Å². The summed E-state index contributed by atoms with van der Waals surface area (Å²) in [5.74, 6) is 0.